The van der Waals surface area contributed by atoms with Gasteiger partial charge in [-0.05, 0) is 19.5 Å². The second kappa shape index (κ2) is 6.34. The second-order valence-electron chi connectivity index (χ2n) is 4.88. The minimum Gasteiger partial charge on any atom is -0.350 e. The molecule has 0 aliphatic carbocycles. The van der Waals surface area contributed by atoms with E-state index in [1.54, 1.807) is 17.9 Å². The highest BCUT2D eigenvalue weighted by Crippen LogP contribution is 2.11. The lowest BCUT2D eigenvalue weighted by atomic mass is 10.1. The van der Waals surface area contributed by atoms with Crippen LogP contribution in [-0.4, -0.2) is 22.7 Å². The molecule has 5 heteroatoms. The van der Waals surface area contributed by atoms with Gasteiger partial charge in [-0.1, -0.05) is 29.8 Å². The predicted molar refractivity (Wildman–Crippen MR) is 78.0 cm³/mol. The summed E-state index contributed by atoms with van der Waals surface area (Å²) in [5.41, 5.74) is 3.14. The number of carbonyl (C=O) groups is 1. The van der Waals surface area contributed by atoms with Gasteiger partial charge in [0, 0.05) is 25.4 Å². The quantitative estimate of drug-likeness (QED) is 0.862. The molecule has 20 heavy (non-hydrogen) atoms. The van der Waals surface area contributed by atoms with E-state index in [-0.39, 0.29) is 11.9 Å². The van der Waals surface area contributed by atoms with Gasteiger partial charge in [-0.25, -0.2) is 0 Å². The zero-order valence-electron chi connectivity index (χ0n) is 12.1. The Morgan fingerprint density at radius 3 is 2.85 bits per heavy atom. The van der Waals surface area contributed by atoms with Crippen molar-refractivity contribution in [3.63, 3.8) is 0 Å². The largest absolute Gasteiger partial charge is 0.350 e. The van der Waals surface area contributed by atoms with Gasteiger partial charge in [-0.3, -0.25) is 9.48 Å². The molecular formula is C15H20N4O. The molecule has 0 saturated heterocycles. The lowest BCUT2D eigenvalue weighted by Crippen LogP contribution is -2.35. The van der Waals surface area contributed by atoms with Gasteiger partial charge in [0.2, 0.25) is 5.91 Å². The molecule has 2 N–H and O–H groups in total. The van der Waals surface area contributed by atoms with Gasteiger partial charge in [0.15, 0.2) is 0 Å². The van der Waals surface area contributed by atoms with Crippen LogP contribution in [0.1, 0.15) is 22.7 Å². The van der Waals surface area contributed by atoms with Crippen LogP contribution in [-0.2, 0) is 18.4 Å². The predicted octanol–water partition coefficient (Wildman–Crippen LogP) is 1.31. The molecule has 106 valence electrons. The molecule has 0 spiro atoms. The third kappa shape index (κ3) is 3.45. The van der Waals surface area contributed by atoms with Crippen molar-refractivity contribution in [3.05, 3.63) is 53.3 Å². The molecule has 1 atom stereocenters. The number of nitrogens with one attached hydrogen (secondary N) is 2. The van der Waals surface area contributed by atoms with Crippen molar-refractivity contribution in [2.24, 2.45) is 7.05 Å². The zero-order valence-corrected chi connectivity index (χ0v) is 12.1. The third-order valence-electron chi connectivity index (χ3n) is 3.16. The smallest absolute Gasteiger partial charge is 0.242 e. The highest BCUT2D eigenvalue weighted by Gasteiger charge is 2.19. The van der Waals surface area contributed by atoms with E-state index in [0.717, 1.165) is 11.1 Å². The Balaban J connectivity index is 1.99. The van der Waals surface area contributed by atoms with Crippen LogP contribution in [0, 0.1) is 6.92 Å². The Morgan fingerprint density at radius 2 is 2.25 bits per heavy atom. The van der Waals surface area contributed by atoms with E-state index in [0.29, 0.717) is 6.54 Å². The molecule has 0 fully saturated rings. The summed E-state index contributed by atoms with van der Waals surface area (Å²) >= 11 is 0. The number of likely N-dealkylation sites (N-methyl/N-ethyl adjacent to an activating group) is 1. The second-order valence-corrected chi connectivity index (χ2v) is 4.88. The van der Waals surface area contributed by atoms with E-state index < -0.39 is 0 Å². The molecule has 0 aliphatic rings. The normalized spacial score (nSPS) is 12.2. The van der Waals surface area contributed by atoms with Gasteiger partial charge in [0.05, 0.1) is 6.20 Å². The summed E-state index contributed by atoms with van der Waals surface area (Å²) in [5, 5.41) is 10.1. The highest BCUT2D eigenvalue weighted by atomic mass is 16.2. The highest BCUT2D eigenvalue weighted by molar-refractivity contribution is 5.83. The Labute approximate surface area is 119 Å². The maximum atomic E-state index is 12.2. The van der Waals surface area contributed by atoms with Gasteiger partial charge < -0.3 is 10.6 Å². The summed E-state index contributed by atoms with van der Waals surface area (Å²) in [6.07, 6.45) is 3.54. The van der Waals surface area contributed by atoms with Crippen LogP contribution in [0.5, 0.6) is 0 Å². The number of hydrogen-bond acceptors (Lipinski definition) is 3. The molecule has 1 unspecified atom stereocenters. The molecule has 1 aromatic carbocycles. The number of benzene rings is 1. The van der Waals surface area contributed by atoms with E-state index in [1.165, 1.54) is 5.56 Å². The van der Waals surface area contributed by atoms with Crippen molar-refractivity contribution >= 4 is 5.91 Å². The van der Waals surface area contributed by atoms with Gasteiger partial charge >= 0.3 is 0 Å². The molecule has 1 heterocycles. The topological polar surface area (TPSA) is 59.0 Å². The Morgan fingerprint density at radius 1 is 1.45 bits per heavy atom. The average Bonchev–Trinajstić information content (AvgIpc) is 2.84. The fourth-order valence-corrected chi connectivity index (χ4v) is 2.15. The lowest BCUT2D eigenvalue weighted by molar-refractivity contribution is -0.123. The lowest BCUT2D eigenvalue weighted by Gasteiger charge is -2.14. The Bertz CT molecular complexity index is 591. The van der Waals surface area contributed by atoms with Crippen molar-refractivity contribution in [1.29, 1.82) is 0 Å². The number of aromatic nitrogens is 2. The van der Waals surface area contributed by atoms with E-state index in [9.17, 15) is 4.79 Å². The maximum Gasteiger partial charge on any atom is 0.242 e. The van der Waals surface area contributed by atoms with E-state index in [2.05, 4.69) is 21.8 Å². The standard InChI is InChI=1S/C15H20N4O/c1-11-5-4-6-12(7-11)8-17-15(20)14(16-2)13-9-18-19(3)10-13/h4-7,9-10,14,16H,8H2,1-3H3,(H,17,20). The minimum absolute atomic E-state index is 0.0537. The van der Waals surface area contributed by atoms with Crippen molar-refractivity contribution in [3.8, 4) is 0 Å². The molecule has 0 radical (unpaired) electrons. The number of rotatable bonds is 5. The summed E-state index contributed by atoms with van der Waals surface area (Å²) in [5.74, 6) is -0.0537. The summed E-state index contributed by atoms with van der Waals surface area (Å²) in [6, 6.07) is 7.73. The van der Waals surface area contributed by atoms with E-state index in [1.807, 2.05) is 38.4 Å². The number of nitrogens with zero attached hydrogens (tertiary/aromatic N) is 2. The van der Waals surface area contributed by atoms with Gasteiger partial charge in [-0.2, -0.15) is 5.10 Å². The molecule has 0 saturated carbocycles. The van der Waals surface area contributed by atoms with Crippen molar-refractivity contribution < 1.29 is 4.79 Å². The molecule has 0 aliphatic heterocycles. The summed E-state index contributed by atoms with van der Waals surface area (Å²) in [4.78, 5) is 12.2. The van der Waals surface area contributed by atoms with Crippen molar-refractivity contribution in [2.75, 3.05) is 7.05 Å². The molecule has 2 rings (SSSR count). The average molecular weight is 272 g/mol. The number of aryl methyl sites for hydroxylation is 2. The first kappa shape index (κ1) is 14.3. The maximum absolute atomic E-state index is 12.2. The number of carbonyl (C=O) groups excluding carboxylic acids is 1. The monoisotopic (exact) mass is 272 g/mol. The fraction of sp³-hybridized carbons (Fsp3) is 0.333. The van der Waals surface area contributed by atoms with Gasteiger partial charge in [0.25, 0.3) is 0 Å². The number of hydrogen-bond donors (Lipinski definition) is 2. The Kier molecular flexibility index (Phi) is 4.53. The first-order valence-corrected chi connectivity index (χ1v) is 6.59. The van der Waals surface area contributed by atoms with Crippen LogP contribution in [0.25, 0.3) is 0 Å². The van der Waals surface area contributed by atoms with Crippen molar-refractivity contribution in [1.82, 2.24) is 20.4 Å². The summed E-state index contributed by atoms with van der Waals surface area (Å²) in [6.45, 7) is 2.57. The molecule has 1 aromatic heterocycles. The minimum atomic E-state index is -0.381. The van der Waals surface area contributed by atoms with Crippen LogP contribution in [0.4, 0.5) is 0 Å². The first-order chi connectivity index (χ1) is 9.60. The third-order valence-corrected chi connectivity index (χ3v) is 3.16. The molecule has 2 aromatic rings. The molecular weight excluding hydrogens is 252 g/mol. The molecule has 5 nitrogen and oxygen atoms in total. The molecule has 0 bridgehead atoms. The summed E-state index contributed by atoms with van der Waals surface area (Å²) in [7, 11) is 3.60. The Hall–Kier alpha value is -2.14. The zero-order chi connectivity index (χ0) is 14.5. The van der Waals surface area contributed by atoms with Crippen LogP contribution in [0.2, 0.25) is 0 Å². The van der Waals surface area contributed by atoms with E-state index in [4.69, 9.17) is 0 Å². The summed E-state index contributed by atoms with van der Waals surface area (Å²) < 4.78 is 1.69. The van der Waals surface area contributed by atoms with Crippen LogP contribution < -0.4 is 10.6 Å². The van der Waals surface area contributed by atoms with Gasteiger partial charge in [0.1, 0.15) is 6.04 Å². The SMILES string of the molecule is CNC(C(=O)NCc1cccc(C)c1)c1cnn(C)c1. The molecule has 1 amide bonds. The van der Waals surface area contributed by atoms with Crippen LogP contribution in [0.15, 0.2) is 36.7 Å². The van der Waals surface area contributed by atoms with Gasteiger partial charge in [-0.15, -0.1) is 0 Å². The van der Waals surface area contributed by atoms with E-state index >= 15 is 0 Å². The number of amides is 1. The van der Waals surface area contributed by atoms with Crippen LogP contribution >= 0.6 is 0 Å². The van der Waals surface area contributed by atoms with Crippen LogP contribution in [0.3, 0.4) is 0 Å². The van der Waals surface area contributed by atoms with Crippen molar-refractivity contribution in [2.45, 2.75) is 19.5 Å². The first-order valence-electron chi connectivity index (χ1n) is 6.59. The fourth-order valence-electron chi connectivity index (χ4n) is 2.15.